The first-order valence-electron chi connectivity index (χ1n) is 16.5. The van der Waals surface area contributed by atoms with Crippen LogP contribution >= 0.6 is 46.2 Å². The van der Waals surface area contributed by atoms with Crippen molar-refractivity contribution in [3.05, 3.63) is 70.0 Å². The second kappa shape index (κ2) is 21.3. The van der Waals surface area contributed by atoms with Crippen LogP contribution in [0.3, 0.4) is 0 Å². The Morgan fingerprint density at radius 3 is 1.66 bits per heavy atom. The fourth-order valence-electron chi connectivity index (χ4n) is 4.83. The van der Waals surface area contributed by atoms with Gasteiger partial charge in [0.15, 0.2) is 27.7 Å². The average Bonchev–Trinajstić information content (AvgIpc) is 3.86. The van der Waals surface area contributed by atoms with Crippen LogP contribution < -0.4 is 32.3 Å². The average molecular weight is 925 g/mol. The molecule has 0 aromatic carbocycles. The second-order valence-electron chi connectivity index (χ2n) is 11.6. The summed E-state index contributed by atoms with van der Waals surface area (Å²) >= 11 is 3.47. The first-order valence-corrected chi connectivity index (χ1v) is 20.4. The fraction of sp³-hybridized carbons (Fsp3) is 0.250. The Morgan fingerprint density at radius 2 is 1.23 bits per heavy atom. The largest absolute Gasteiger partial charge is 0.480 e. The van der Waals surface area contributed by atoms with E-state index < -0.39 is 95.0 Å². The summed E-state index contributed by atoms with van der Waals surface area (Å²) < 4.78 is 0. The van der Waals surface area contributed by atoms with Crippen LogP contribution in [0.4, 0.5) is 10.3 Å². The van der Waals surface area contributed by atoms with Crippen LogP contribution in [0.15, 0.2) is 68.9 Å². The Labute approximate surface area is 357 Å². The van der Waals surface area contributed by atoms with Gasteiger partial charge in [-0.2, -0.15) is 0 Å². The number of aliphatic carboxylic acids is 5. The number of hydrogen-bond acceptors (Lipinski definition) is 21. The normalized spacial score (nSPS) is 17.6. The number of nitrogen functional groups attached to an aromatic ring is 1. The van der Waals surface area contributed by atoms with Crippen LogP contribution in [0.1, 0.15) is 11.4 Å². The minimum Gasteiger partial charge on any atom is -0.480 e. The number of allylic oxidation sites excluding steroid dienone is 2. The second-order valence-corrected chi connectivity index (χ2v) is 15.6. The first-order chi connectivity index (χ1) is 28.9. The number of aromatic nitrogens is 2. The highest BCUT2D eigenvalue weighted by molar-refractivity contribution is 8.00. The standard InChI is InChI=1S/C32H32N10O15S4/c1-3-11-7-58-26(38-17(11)28(50)51)21(36-23(47)19(41-56-5-15(43)44)13-9-60-31(33)34-13)25(49)40-32-35-14(10-61-32)20(42-57-6-16(45)46)24(48)37-22(30(54)55)27-39-18(29(52)53)12(4-2)8-59-27/h3-4,9-10,21-22,26-27,38-39H,1-2,5-8H2,(H2,33,34)(H,36,47)(H,37,48)(H,43,44)(H,45,46)(H,50,51)(H,52,53)(H,54,55)(H,35,40,49)/b41-19-,42-20-/t21-,22+,26-,27-/m1/s1. The molecule has 0 radical (unpaired) electrons. The molecule has 0 bridgehead atoms. The zero-order valence-corrected chi connectivity index (χ0v) is 33.9. The summed E-state index contributed by atoms with van der Waals surface area (Å²) in [6.07, 6.45) is 2.55. The van der Waals surface area contributed by atoms with Crippen LogP contribution in [0.5, 0.6) is 0 Å². The van der Waals surface area contributed by atoms with Gasteiger partial charge in [-0.15, -0.1) is 46.2 Å². The number of carbonyl (C=O) groups excluding carboxylic acids is 3. The number of carboxylic acid groups (broad SMARTS) is 5. The van der Waals surface area contributed by atoms with Crippen LogP contribution in [0.25, 0.3) is 0 Å². The molecular formula is C32H32N10O15S4. The molecule has 2 aromatic heterocycles. The number of amides is 3. The monoisotopic (exact) mass is 924 g/mol. The van der Waals surface area contributed by atoms with Gasteiger partial charge in [0.05, 0.1) is 0 Å². The van der Waals surface area contributed by atoms with E-state index in [-0.39, 0.29) is 55.7 Å². The maximum Gasteiger partial charge on any atom is 0.352 e. The van der Waals surface area contributed by atoms with Crippen molar-refractivity contribution in [1.82, 2.24) is 31.2 Å². The van der Waals surface area contributed by atoms with Gasteiger partial charge in [0.1, 0.15) is 39.6 Å². The fourth-order valence-corrected chi connectivity index (χ4v) is 8.49. The molecule has 2 aromatic rings. The molecule has 324 valence electrons. The SMILES string of the molecule is C=CC1=C(C(=O)O)N[C@@H]([C@H](NC(=O)/C(=N\OCC(=O)O)c2csc(NC(=O)[C@@H](NC(=O)/C(=N\OCC(=O)O)c3csc(N)n3)[C@@H]3NC(C(=O)O)=C(C=C)CS3)n2)C(=O)O)SC1. The van der Waals surface area contributed by atoms with E-state index in [0.29, 0.717) is 11.3 Å². The van der Waals surface area contributed by atoms with Crippen molar-refractivity contribution >= 4 is 115 Å². The molecule has 2 aliphatic rings. The minimum atomic E-state index is -1.82. The van der Waals surface area contributed by atoms with Gasteiger partial charge >= 0.3 is 29.8 Å². The van der Waals surface area contributed by atoms with E-state index in [2.05, 4.69) is 60.0 Å². The lowest BCUT2D eigenvalue weighted by Gasteiger charge is -2.32. The summed E-state index contributed by atoms with van der Waals surface area (Å²) in [5.74, 6) is -10.9. The quantitative estimate of drug-likeness (QED) is 0.0520. The Hall–Kier alpha value is -6.98. The van der Waals surface area contributed by atoms with E-state index in [1.807, 2.05) is 0 Å². The number of nitrogens with two attached hydrogens (primary N) is 1. The Bertz CT molecular complexity index is 2270. The van der Waals surface area contributed by atoms with Gasteiger partial charge in [0, 0.05) is 22.3 Å². The van der Waals surface area contributed by atoms with Crippen molar-refractivity contribution in [2.75, 3.05) is 35.8 Å². The van der Waals surface area contributed by atoms with Crippen molar-refractivity contribution in [2.24, 2.45) is 10.3 Å². The molecule has 0 spiro atoms. The van der Waals surface area contributed by atoms with Gasteiger partial charge in [-0.05, 0) is 11.1 Å². The topological polar surface area (TPSA) is 393 Å². The predicted octanol–water partition coefficient (Wildman–Crippen LogP) is -1.14. The molecule has 12 N–H and O–H groups in total. The summed E-state index contributed by atoms with van der Waals surface area (Å²) in [5.41, 5.74) is 3.56. The molecule has 25 nitrogen and oxygen atoms in total. The first kappa shape index (κ1) is 46.7. The number of nitrogens with zero attached hydrogens (tertiary/aromatic N) is 4. The Morgan fingerprint density at radius 1 is 0.770 bits per heavy atom. The lowest BCUT2D eigenvalue weighted by Crippen LogP contribution is -2.57. The van der Waals surface area contributed by atoms with Crippen LogP contribution in [0, 0.1) is 0 Å². The molecule has 2 aliphatic heterocycles. The van der Waals surface area contributed by atoms with Gasteiger partial charge in [0.2, 0.25) is 13.2 Å². The number of carboxylic acids is 5. The third kappa shape index (κ3) is 12.5. The minimum absolute atomic E-state index is 0.00400. The highest BCUT2D eigenvalue weighted by Crippen LogP contribution is 2.28. The maximum absolute atomic E-state index is 14.0. The maximum atomic E-state index is 14.0. The van der Waals surface area contributed by atoms with Gasteiger partial charge in [-0.3, -0.25) is 14.4 Å². The highest BCUT2D eigenvalue weighted by atomic mass is 32.2. The molecule has 0 saturated carbocycles. The van der Waals surface area contributed by atoms with Crippen LogP contribution in [-0.4, -0.2) is 142 Å². The van der Waals surface area contributed by atoms with Crippen molar-refractivity contribution in [2.45, 2.75) is 22.8 Å². The summed E-state index contributed by atoms with van der Waals surface area (Å²) in [4.78, 5) is 117. The number of nitrogens with one attached hydrogen (secondary N) is 5. The molecule has 0 fully saturated rings. The van der Waals surface area contributed by atoms with Crippen molar-refractivity contribution in [1.29, 1.82) is 0 Å². The molecule has 4 rings (SSSR count). The summed E-state index contributed by atoms with van der Waals surface area (Å²) in [5, 5.41) is 66.5. The molecule has 3 amide bonds. The molecule has 0 aliphatic carbocycles. The summed E-state index contributed by atoms with van der Waals surface area (Å²) in [6.45, 7) is 5.10. The number of hydrogen-bond donors (Lipinski definition) is 11. The zero-order chi connectivity index (χ0) is 45.0. The molecule has 0 unspecified atom stereocenters. The molecule has 29 heteroatoms. The highest BCUT2D eigenvalue weighted by Gasteiger charge is 2.39. The lowest BCUT2D eigenvalue weighted by atomic mass is 10.1. The van der Waals surface area contributed by atoms with Crippen molar-refractivity contribution in [3.8, 4) is 0 Å². The third-order valence-corrected chi connectivity index (χ3v) is 11.4. The molecule has 4 heterocycles. The van der Waals surface area contributed by atoms with E-state index in [1.165, 1.54) is 17.5 Å². The van der Waals surface area contributed by atoms with Gasteiger partial charge < -0.3 is 67.5 Å². The molecule has 4 atom stereocenters. The number of carbonyl (C=O) groups is 8. The number of oxime groups is 2. The van der Waals surface area contributed by atoms with E-state index >= 15 is 0 Å². The predicted molar refractivity (Wildman–Crippen MR) is 217 cm³/mol. The number of thiazole rings is 2. The van der Waals surface area contributed by atoms with E-state index in [9.17, 15) is 53.7 Å². The van der Waals surface area contributed by atoms with Gasteiger partial charge in [-0.1, -0.05) is 35.6 Å². The van der Waals surface area contributed by atoms with Gasteiger partial charge in [0.25, 0.3) is 17.7 Å². The van der Waals surface area contributed by atoms with Crippen molar-refractivity contribution in [3.63, 3.8) is 0 Å². The lowest BCUT2D eigenvalue weighted by molar-refractivity contribution is -0.143. The van der Waals surface area contributed by atoms with Gasteiger partial charge in [-0.25, -0.2) is 33.9 Å². The smallest absolute Gasteiger partial charge is 0.352 e. The van der Waals surface area contributed by atoms with E-state index in [1.54, 1.807) is 0 Å². The third-order valence-electron chi connectivity index (χ3n) is 7.56. The summed E-state index contributed by atoms with van der Waals surface area (Å²) in [7, 11) is 0. The Balaban J connectivity index is 1.66. The summed E-state index contributed by atoms with van der Waals surface area (Å²) in [6, 6.07) is -3.52. The zero-order valence-electron chi connectivity index (χ0n) is 30.7. The van der Waals surface area contributed by atoms with E-state index in [0.717, 1.165) is 40.2 Å². The van der Waals surface area contributed by atoms with Crippen LogP contribution in [0.2, 0.25) is 0 Å². The van der Waals surface area contributed by atoms with E-state index in [4.69, 9.17) is 25.6 Å². The molecule has 0 saturated heterocycles. The Kier molecular flexibility index (Phi) is 16.3. The number of rotatable bonds is 21. The number of thioether (sulfide) groups is 2. The molecule has 61 heavy (non-hydrogen) atoms. The number of anilines is 2. The van der Waals surface area contributed by atoms with Crippen molar-refractivity contribution < 1.29 is 73.6 Å². The van der Waals surface area contributed by atoms with Crippen LogP contribution in [-0.2, 0) is 48.0 Å². The molecular weight excluding hydrogens is 893 g/mol.